The van der Waals surface area contributed by atoms with Crippen LogP contribution < -0.4 is 5.32 Å². The predicted molar refractivity (Wildman–Crippen MR) is 111 cm³/mol. The molecule has 30 heavy (non-hydrogen) atoms. The van der Waals surface area contributed by atoms with Gasteiger partial charge in [0.15, 0.2) is 6.61 Å². The molecule has 11 heteroatoms. The maximum atomic E-state index is 12.6. The minimum Gasteiger partial charge on any atom is -0.454 e. The van der Waals surface area contributed by atoms with Crippen LogP contribution in [-0.2, 0) is 23.9 Å². The molecule has 1 aliphatic heterocycles. The molecule has 1 saturated carbocycles. The highest BCUT2D eigenvalue weighted by Gasteiger charge is 2.59. The molecule has 4 rings (SSSR count). The van der Waals surface area contributed by atoms with Crippen LogP contribution in [0, 0.1) is 23.7 Å². The SMILES string of the molecule is O=C(COC(=O)CN1C(=O)[C@H]2[C@H](C1=O)[C@H]1C=C[C@H]2C1)Nc1c(Cl)c(Cl)cc(Cl)c1Cl. The number of nitrogens with one attached hydrogen (secondary N) is 1. The second-order valence-corrected chi connectivity index (χ2v) is 8.88. The molecule has 1 heterocycles. The average Bonchev–Trinajstić information content (AvgIpc) is 3.38. The van der Waals surface area contributed by atoms with E-state index < -0.39 is 36.9 Å². The average molecular weight is 492 g/mol. The summed E-state index contributed by atoms with van der Waals surface area (Å²) in [7, 11) is 0. The number of imide groups is 1. The van der Waals surface area contributed by atoms with E-state index >= 15 is 0 Å². The molecule has 0 radical (unpaired) electrons. The number of amides is 3. The number of anilines is 1. The normalized spacial score (nSPS) is 26.3. The number of rotatable bonds is 5. The molecule has 1 aromatic carbocycles. The largest absolute Gasteiger partial charge is 0.454 e. The number of halogens is 4. The molecule has 2 aliphatic carbocycles. The molecule has 1 saturated heterocycles. The number of fused-ring (bicyclic) bond motifs is 5. The van der Waals surface area contributed by atoms with Crippen molar-refractivity contribution in [1.29, 1.82) is 0 Å². The molecular weight excluding hydrogens is 478 g/mol. The zero-order valence-electron chi connectivity index (χ0n) is 15.2. The lowest BCUT2D eigenvalue weighted by atomic mass is 9.85. The van der Waals surface area contributed by atoms with Crippen molar-refractivity contribution >= 4 is 75.8 Å². The van der Waals surface area contributed by atoms with E-state index in [2.05, 4.69) is 5.32 Å². The van der Waals surface area contributed by atoms with Gasteiger partial charge in [0.1, 0.15) is 6.54 Å². The van der Waals surface area contributed by atoms with Gasteiger partial charge < -0.3 is 10.1 Å². The third-order valence-electron chi connectivity index (χ3n) is 5.59. The van der Waals surface area contributed by atoms with Gasteiger partial charge in [-0.05, 0) is 24.3 Å². The lowest BCUT2D eigenvalue weighted by Gasteiger charge is -2.16. The number of carbonyl (C=O) groups excluding carboxylic acids is 4. The molecule has 0 unspecified atom stereocenters. The van der Waals surface area contributed by atoms with Crippen LogP contribution in [0.3, 0.4) is 0 Å². The lowest BCUT2D eigenvalue weighted by molar-refractivity contribution is -0.154. The number of carbonyl (C=O) groups is 4. The zero-order valence-corrected chi connectivity index (χ0v) is 18.2. The van der Waals surface area contributed by atoms with Crippen molar-refractivity contribution in [3.63, 3.8) is 0 Å². The number of hydrogen-bond donors (Lipinski definition) is 1. The van der Waals surface area contributed by atoms with Gasteiger partial charge in [0.25, 0.3) is 5.91 Å². The Bertz CT molecular complexity index is 955. The standard InChI is InChI=1S/C19H14Cl4N2O5/c20-9-4-10(21)16(23)17(15(9)22)24-11(26)6-30-12(27)5-25-18(28)13-7-1-2-8(3-7)14(13)19(25)29/h1-2,4,7-8,13-14H,3,5-6H2,(H,24,26)/t7-,8-,13+,14+/m0/s1. The van der Waals surface area contributed by atoms with E-state index in [1.54, 1.807) is 0 Å². The first-order valence-corrected chi connectivity index (χ1v) is 10.5. The first-order chi connectivity index (χ1) is 14.2. The van der Waals surface area contributed by atoms with E-state index in [9.17, 15) is 19.2 Å². The summed E-state index contributed by atoms with van der Waals surface area (Å²) < 4.78 is 4.90. The smallest absolute Gasteiger partial charge is 0.326 e. The van der Waals surface area contributed by atoms with Gasteiger partial charge in [-0.15, -0.1) is 0 Å². The van der Waals surface area contributed by atoms with Crippen LogP contribution in [0.2, 0.25) is 20.1 Å². The Labute approximate surface area is 191 Å². The first kappa shape index (κ1) is 21.4. The highest BCUT2D eigenvalue weighted by Crippen LogP contribution is 2.52. The molecule has 3 aliphatic rings. The van der Waals surface area contributed by atoms with Crippen molar-refractivity contribution in [2.24, 2.45) is 23.7 Å². The molecular formula is C19H14Cl4N2O5. The number of nitrogens with zero attached hydrogens (tertiary/aromatic N) is 1. The van der Waals surface area contributed by atoms with E-state index in [4.69, 9.17) is 51.1 Å². The number of esters is 1. The quantitative estimate of drug-likeness (QED) is 0.294. The zero-order chi connectivity index (χ0) is 21.7. The molecule has 1 N–H and O–H groups in total. The van der Waals surface area contributed by atoms with Gasteiger partial charge in [-0.1, -0.05) is 58.6 Å². The third kappa shape index (κ3) is 3.58. The molecule has 3 amide bonds. The molecule has 1 aromatic rings. The van der Waals surface area contributed by atoms with Crippen LogP contribution in [0.1, 0.15) is 6.42 Å². The van der Waals surface area contributed by atoms with E-state index in [1.165, 1.54) is 6.07 Å². The summed E-state index contributed by atoms with van der Waals surface area (Å²) in [5.41, 5.74) is -0.0161. The lowest BCUT2D eigenvalue weighted by Crippen LogP contribution is -2.38. The van der Waals surface area contributed by atoms with E-state index in [0.29, 0.717) is 0 Å². The topological polar surface area (TPSA) is 92.8 Å². The molecule has 2 bridgehead atoms. The Morgan fingerprint density at radius 1 is 1.00 bits per heavy atom. The van der Waals surface area contributed by atoms with Crippen LogP contribution >= 0.6 is 46.4 Å². The summed E-state index contributed by atoms with van der Waals surface area (Å²) in [5, 5.41) is 2.50. The van der Waals surface area contributed by atoms with Crippen LogP contribution in [0.5, 0.6) is 0 Å². The Balaban J connectivity index is 1.33. The van der Waals surface area contributed by atoms with Gasteiger partial charge in [-0.3, -0.25) is 24.1 Å². The fourth-order valence-corrected chi connectivity index (χ4v) is 5.20. The van der Waals surface area contributed by atoms with Crippen molar-refractivity contribution in [2.75, 3.05) is 18.5 Å². The van der Waals surface area contributed by atoms with E-state index in [0.717, 1.165) is 11.3 Å². The second kappa shape index (κ2) is 8.04. The summed E-state index contributed by atoms with van der Waals surface area (Å²) in [6.07, 6.45) is 4.72. The maximum absolute atomic E-state index is 12.6. The van der Waals surface area contributed by atoms with Crippen molar-refractivity contribution in [3.05, 3.63) is 38.3 Å². The fourth-order valence-electron chi connectivity index (χ4n) is 4.30. The third-order valence-corrected chi connectivity index (χ3v) is 7.16. The number of allylic oxidation sites excluding steroid dienone is 2. The Morgan fingerprint density at radius 3 is 2.07 bits per heavy atom. The van der Waals surface area contributed by atoms with Gasteiger partial charge in [0.05, 0.1) is 37.6 Å². The fraction of sp³-hybridized carbons (Fsp3) is 0.368. The number of ether oxygens (including phenoxy) is 1. The molecule has 0 aromatic heterocycles. The number of benzene rings is 1. The Hall–Kier alpha value is -1.80. The van der Waals surface area contributed by atoms with Crippen LogP contribution in [0.25, 0.3) is 0 Å². The van der Waals surface area contributed by atoms with Crippen molar-refractivity contribution in [1.82, 2.24) is 4.90 Å². The van der Waals surface area contributed by atoms with Gasteiger partial charge >= 0.3 is 5.97 Å². The molecule has 7 nitrogen and oxygen atoms in total. The van der Waals surface area contributed by atoms with Gasteiger partial charge in [0, 0.05) is 0 Å². The van der Waals surface area contributed by atoms with Crippen molar-refractivity contribution < 1.29 is 23.9 Å². The minimum absolute atomic E-state index is 0.0161. The van der Waals surface area contributed by atoms with Crippen LogP contribution in [-0.4, -0.2) is 41.7 Å². The number of hydrogen-bond acceptors (Lipinski definition) is 5. The number of likely N-dealkylation sites (tertiary alicyclic amines) is 1. The predicted octanol–water partition coefficient (Wildman–Crippen LogP) is 3.59. The summed E-state index contributed by atoms with van der Waals surface area (Å²) in [4.78, 5) is 50.3. The van der Waals surface area contributed by atoms with Gasteiger partial charge in [-0.25, -0.2) is 0 Å². The Kier molecular flexibility index (Phi) is 5.74. The van der Waals surface area contributed by atoms with Gasteiger partial charge in [-0.2, -0.15) is 0 Å². The van der Waals surface area contributed by atoms with Crippen molar-refractivity contribution in [3.8, 4) is 0 Å². The molecule has 2 fully saturated rings. The van der Waals surface area contributed by atoms with E-state index in [-0.39, 0.29) is 49.4 Å². The second-order valence-electron chi connectivity index (χ2n) is 7.31. The summed E-state index contributed by atoms with van der Waals surface area (Å²) in [6.45, 7) is -1.21. The van der Waals surface area contributed by atoms with E-state index in [1.807, 2.05) is 12.2 Å². The maximum Gasteiger partial charge on any atom is 0.326 e. The summed E-state index contributed by atoms with van der Waals surface area (Å²) in [6, 6.07) is 1.32. The molecule has 0 spiro atoms. The monoisotopic (exact) mass is 490 g/mol. The van der Waals surface area contributed by atoms with Gasteiger partial charge in [0.2, 0.25) is 11.8 Å². The summed E-state index contributed by atoms with van der Waals surface area (Å²) in [5.74, 6) is -3.08. The van der Waals surface area contributed by atoms with Crippen LogP contribution in [0.4, 0.5) is 5.69 Å². The molecule has 4 atom stereocenters. The first-order valence-electron chi connectivity index (χ1n) is 9.01. The molecule has 158 valence electrons. The minimum atomic E-state index is -0.881. The highest BCUT2D eigenvalue weighted by atomic mass is 35.5. The Morgan fingerprint density at radius 2 is 1.53 bits per heavy atom. The summed E-state index contributed by atoms with van der Waals surface area (Å²) >= 11 is 23.8. The van der Waals surface area contributed by atoms with Crippen molar-refractivity contribution in [2.45, 2.75) is 6.42 Å². The van der Waals surface area contributed by atoms with Crippen LogP contribution in [0.15, 0.2) is 18.2 Å². The highest BCUT2D eigenvalue weighted by molar-refractivity contribution is 6.50.